The van der Waals surface area contributed by atoms with Crippen LogP contribution in [0.4, 0.5) is 5.69 Å². The average Bonchev–Trinajstić information content (AvgIpc) is 2.61. The van der Waals surface area contributed by atoms with E-state index in [0.717, 1.165) is 36.4 Å². The number of benzene rings is 2. The molecule has 0 amide bonds. The lowest BCUT2D eigenvalue weighted by Gasteiger charge is -2.11. The Bertz CT molecular complexity index is 707. The van der Waals surface area contributed by atoms with Crippen molar-refractivity contribution in [2.24, 2.45) is 0 Å². The molecule has 0 heterocycles. The van der Waals surface area contributed by atoms with Crippen molar-refractivity contribution in [3.8, 4) is 11.8 Å². The van der Waals surface area contributed by atoms with Crippen LogP contribution in [0.2, 0.25) is 0 Å². The third kappa shape index (κ3) is 5.56. The molecule has 0 aliphatic carbocycles. The van der Waals surface area contributed by atoms with E-state index in [1.807, 2.05) is 42.5 Å². The van der Waals surface area contributed by atoms with Crippen LogP contribution in [-0.4, -0.2) is 18.8 Å². The van der Waals surface area contributed by atoms with Gasteiger partial charge in [-0.1, -0.05) is 30.3 Å². The fourth-order valence-electron chi connectivity index (χ4n) is 2.36. The molecule has 0 radical (unpaired) electrons. The molecule has 124 valence electrons. The van der Waals surface area contributed by atoms with Crippen molar-refractivity contribution >= 4 is 23.0 Å². The first-order valence-electron chi connectivity index (χ1n) is 7.85. The fraction of sp³-hybridized carbons (Fsp3) is 0.263. The maximum atomic E-state index is 8.67. The summed E-state index contributed by atoms with van der Waals surface area (Å²) in [7, 11) is 1.69. The zero-order valence-corrected chi connectivity index (χ0v) is 14.5. The summed E-state index contributed by atoms with van der Waals surface area (Å²) in [4.78, 5) is 0. The van der Waals surface area contributed by atoms with Crippen molar-refractivity contribution in [1.82, 2.24) is 5.32 Å². The number of rotatable bonds is 7. The number of anilines is 1. The lowest BCUT2D eigenvalue weighted by molar-refractivity contribution is 0.409. The highest BCUT2D eigenvalue weighted by Crippen LogP contribution is 2.18. The van der Waals surface area contributed by atoms with E-state index >= 15 is 0 Å². The molecule has 0 atom stereocenters. The van der Waals surface area contributed by atoms with Crippen molar-refractivity contribution in [2.75, 3.05) is 19.0 Å². The summed E-state index contributed by atoms with van der Waals surface area (Å²) in [6.45, 7) is 0.788. The van der Waals surface area contributed by atoms with Crippen LogP contribution in [0.15, 0.2) is 48.5 Å². The molecule has 0 aliphatic heterocycles. The van der Waals surface area contributed by atoms with Crippen molar-refractivity contribution in [2.45, 2.75) is 19.3 Å². The highest BCUT2D eigenvalue weighted by Gasteiger charge is 2.02. The Morgan fingerprint density at radius 2 is 1.92 bits per heavy atom. The zero-order chi connectivity index (χ0) is 17.2. The van der Waals surface area contributed by atoms with Crippen molar-refractivity contribution < 1.29 is 4.74 Å². The lowest BCUT2D eigenvalue weighted by Crippen LogP contribution is -2.29. The zero-order valence-electron chi connectivity index (χ0n) is 13.7. The van der Waals surface area contributed by atoms with Crippen molar-refractivity contribution in [1.29, 1.82) is 5.26 Å². The summed E-state index contributed by atoms with van der Waals surface area (Å²) in [6, 6.07) is 17.9. The van der Waals surface area contributed by atoms with Crippen LogP contribution in [0.1, 0.15) is 17.5 Å². The number of aryl methyl sites for hydroxylation is 1. The Balaban J connectivity index is 1.72. The smallest absolute Gasteiger partial charge is 0.170 e. The Hall–Kier alpha value is -2.58. The van der Waals surface area contributed by atoms with Gasteiger partial charge in [0.05, 0.1) is 19.6 Å². The van der Waals surface area contributed by atoms with Crippen LogP contribution in [0.5, 0.6) is 5.75 Å². The molecule has 0 spiro atoms. The number of thiocarbonyl (C=S) groups is 1. The Morgan fingerprint density at radius 3 is 2.62 bits per heavy atom. The third-order valence-electron chi connectivity index (χ3n) is 3.60. The van der Waals surface area contributed by atoms with Crippen molar-refractivity contribution in [3.05, 3.63) is 59.7 Å². The number of para-hydroxylation sites is 1. The largest absolute Gasteiger partial charge is 0.496 e. The van der Waals surface area contributed by atoms with Crippen LogP contribution >= 0.6 is 12.2 Å². The second-order valence-electron chi connectivity index (χ2n) is 5.33. The van der Waals surface area contributed by atoms with E-state index in [0.29, 0.717) is 11.5 Å². The van der Waals surface area contributed by atoms with Gasteiger partial charge < -0.3 is 15.4 Å². The van der Waals surface area contributed by atoms with Gasteiger partial charge in [-0.2, -0.15) is 5.26 Å². The van der Waals surface area contributed by atoms with E-state index in [4.69, 9.17) is 22.2 Å². The van der Waals surface area contributed by atoms with Crippen LogP contribution in [-0.2, 0) is 12.8 Å². The first kappa shape index (κ1) is 17.8. The van der Waals surface area contributed by atoms with Gasteiger partial charge in [0.25, 0.3) is 0 Å². The first-order valence-corrected chi connectivity index (χ1v) is 8.26. The third-order valence-corrected chi connectivity index (χ3v) is 3.84. The molecule has 0 fully saturated rings. The standard InChI is InChI=1S/C19H21N3OS/c1-23-18-7-3-2-5-16(18)6-4-14-21-19(24)22-17-10-8-15(9-11-17)12-13-20/h2-3,5,7-11H,4,6,12,14H2,1H3,(H2,21,22,24). The minimum atomic E-state index is 0.423. The Labute approximate surface area is 148 Å². The Morgan fingerprint density at radius 1 is 1.17 bits per heavy atom. The molecule has 2 aromatic rings. The number of nitriles is 1. The predicted molar refractivity (Wildman–Crippen MR) is 101 cm³/mol. The second-order valence-corrected chi connectivity index (χ2v) is 5.74. The van der Waals surface area contributed by atoms with Gasteiger partial charge in [0, 0.05) is 12.2 Å². The molecule has 0 saturated carbocycles. The van der Waals surface area contributed by atoms with E-state index in [-0.39, 0.29) is 0 Å². The lowest BCUT2D eigenvalue weighted by atomic mass is 10.1. The van der Waals surface area contributed by atoms with Gasteiger partial charge >= 0.3 is 0 Å². The average molecular weight is 339 g/mol. The van der Waals surface area contributed by atoms with Gasteiger partial charge in [0.2, 0.25) is 0 Å². The summed E-state index contributed by atoms with van der Waals surface area (Å²) < 4.78 is 5.35. The number of methoxy groups -OCH3 is 1. The Kier molecular flexibility index (Phi) is 7.06. The molecule has 5 heteroatoms. The number of hydrogen-bond acceptors (Lipinski definition) is 3. The van der Waals surface area contributed by atoms with Crippen LogP contribution in [0.25, 0.3) is 0 Å². The van der Waals surface area contributed by atoms with E-state index in [9.17, 15) is 0 Å². The van der Waals surface area contributed by atoms with Crippen LogP contribution in [0, 0.1) is 11.3 Å². The second kappa shape index (κ2) is 9.53. The van der Waals surface area contributed by atoms with E-state index < -0.39 is 0 Å². The van der Waals surface area contributed by atoms with Gasteiger partial charge in [-0.15, -0.1) is 0 Å². The quantitative estimate of drug-likeness (QED) is 0.595. The molecule has 0 saturated heterocycles. The maximum absolute atomic E-state index is 8.67. The summed E-state index contributed by atoms with van der Waals surface area (Å²) in [5.74, 6) is 0.927. The molecule has 2 N–H and O–H groups in total. The summed E-state index contributed by atoms with van der Waals surface area (Å²) in [6.07, 6.45) is 2.32. The van der Waals surface area contributed by atoms with E-state index in [2.05, 4.69) is 22.8 Å². The van der Waals surface area contributed by atoms with Gasteiger partial charge in [0.15, 0.2) is 5.11 Å². The minimum absolute atomic E-state index is 0.423. The monoisotopic (exact) mass is 339 g/mol. The number of ether oxygens (including phenoxy) is 1. The molecule has 0 bridgehead atoms. The number of nitrogens with zero attached hydrogens (tertiary/aromatic N) is 1. The highest BCUT2D eigenvalue weighted by molar-refractivity contribution is 7.80. The molecule has 0 unspecified atom stereocenters. The molecular formula is C19H21N3OS. The normalized spacial score (nSPS) is 9.83. The summed E-state index contributed by atoms with van der Waals surface area (Å²) in [5, 5.41) is 15.6. The summed E-state index contributed by atoms with van der Waals surface area (Å²) in [5.41, 5.74) is 3.12. The number of nitrogens with one attached hydrogen (secondary N) is 2. The van der Waals surface area contributed by atoms with Crippen LogP contribution < -0.4 is 15.4 Å². The van der Waals surface area contributed by atoms with Gasteiger partial charge in [-0.05, 0) is 54.4 Å². The summed E-state index contributed by atoms with van der Waals surface area (Å²) >= 11 is 5.30. The topological polar surface area (TPSA) is 57.1 Å². The predicted octanol–water partition coefficient (Wildman–Crippen LogP) is 3.68. The SMILES string of the molecule is COc1ccccc1CCCNC(=S)Nc1ccc(CC#N)cc1. The molecule has 0 aliphatic rings. The number of hydrogen-bond donors (Lipinski definition) is 2. The minimum Gasteiger partial charge on any atom is -0.496 e. The van der Waals surface area contributed by atoms with E-state index in [1.165, 1.54) is 5.56 Å². The molecule has 0 aromatic heterocycles. The first-order chi connectivity index (χ1) is 11.7. The highest BCUT2D eigenvalue weighted by atomic mass is 32.1. The van der Waals surface area contributed by atoms with E-state index in [1.54, 1.807) is 7.11 Å². The van der Waals surface area contributed by atoms with Gasteiger partial charge in [0.1, 0.15) is 5.75 Å². The maximum Gasteiger partial charge on any atom is 0.170 e. The molecular weight excluding hydrogens is 318 g/mol. The molecule has 4 nitrogen and oxygen atoms in total. The fourth-order valence-corrected chi connectivity index (χ4v) is 2.58. The van der Waals surface area contributed by atoms with Gasteiger partial charge in [-0.3, -0.25) is 0 Å². The molecule has 2 aromatic carbocycles. The van der Waals surface area contributed by atoms with Gasteiger partial charge in [-0.25, -0.2) is 0 Å². The van der Waals surface area contributed by atoms with Crippen molar-refractivity contribution in [3.63, 3.8) is 0 Å². The van der Waals surface area contributed by atoms with Crippen LogP contribution in [0.3, 0.4) is 0 Å². The molecule has 2 rings (SSSR count). The molecule has 24 heavy (non-hydrogen) atoms.